The number of anilines is 1. The number of carbonyl (C=O) groups is 2. The maximum absolute atomic E-state index is 12.3. The number of hydrogen-bond acceptors (Lipinski definition) is 7. The van der Waals surface area contributed by atoms with Gasteiger partial charge in [-0.3, -0.25) is 9.59 Å². The van der Waals surface area contributed by atoms with Gasteiger partial charge in [0.05, 0.1) is 18.0 Å². The van der Waals surface area contributed by atoms with Crippen LogP contribution in [0.3, 0.4) is 0 Å². The van der Waals surface area contributed by atoms with E-state index in [-0.39, 0.29) is 30.2 Å². The first-order valence-corrected chi connectivity index (χ1v) is 9.05. The van der Waals surface area contributed by atoms with Gasteiger partial charge in [0.15, 0.2) is 5.82 Å². The summed E-state index contributed by atoms with van der Waals surface area (Å²) in [5, 5.41) is 6.59. The van der Waals surface area contributed by atoms with E-state index in [1.807, 2.05) is 18.7 Å². The molecule has 9 nitrogen and oxygen atoms in total. The first kappa shape index (κ1) is 18.8. The lowest BCUT2D eigenvalue weighted by molar-refractivity contribution is -0.122. The summed E-state index contributed by atoms with van der Waals surface area (Å²) in [4.78, 5) is 34.3. The van der Waals surface area contributed by atoms with Gasteiger partial charge >= 0.3 is 0 Å². The molecule has 1 aliphatic rings. The summed E-state index contributed by atoms with van der Waals surface area (Å²) in [5.74, 6) is 1.15. The van der Waals surface area contributed by atoms with E-state index in [9.17, 15) is 9.59 Å². The van der Waals surface area contributed by atoms with Gasteiger partial charge in [-0.1, -0.05) is 19.0 Å². The molecule has 3 rings (SSSR count). The molecule has 27 heavy (non-hydrogen) atoms. The van der Waals surface area contributed by atoms with Crippen molar-refractivity contribution < 1.29 is 14.1 Å². The van der Waals surface area contributed by atoms with Gasteiger partial charge in [-0.2, -0.15) is 4.98 Å². The predicted molar refractivity (Wildman–Crippen MR) is 97.9 cm³/mol. The van der Waals surface area contributed by atoms with Crippen LogP contribution < -0.4 is 16.0 Å². The van der Waals surface area contributed by atoms with E-state index in [2.05, 4.69) is 20.4 Å². The topological polar surface area (TPSA) is 127 Å². The maximum Gasteiger partial charge on any atom is 0.253 e. The zero-order valence-electron chi connectivity index (χ0n) is 15.5. The molecule has 2 aromatic heterocycles. The molecule has 0 radical (unpaired) electrons. The number of amides is 2. The van der Waals surface area contributed by atoms with Crippen molar-refractivity contribution in [3.63, 3.8) is 0 Å². The third-order valence-corrected chi connectivity index (χ3v) is 4.54. The fourth-order valence-corrected chi connectivity index (χ4v) is 2.96. The van der Waals surface area contributed by atoms with Crippen molar-refractivity contribution in [1.29, 1.82) is 0 Å². The van der Waals surface area contributed by atoms with Crippen LogP contribution in [-0.4, -0.2) is 40.0 Å². The average Bonchev–Trinajstić information content (AvgIpc) is 3.16. The largest absolute Gasteiger partial charge is 0.369 e. The number of aromatic nitrogens is 3. The first-order valence-electron chi connectivity index (χ1n) is 9.05. The minimum atomic E-state index is -0.280. The summed E-state index contributed by atoms with van der Waals surface area (Å²) in [7, 11) is 0. The van der Waals surface area contributed by atoms with E-state index in [1.165, 1.54) is 6.20 Å². The number of primary amides is 1. The van der Waals surface area contributed by atoms with Crippen LogP contribution in [0.1, 0.15) is 54.7 Å². The fourth-order valence-electron chi connectivity index (χ4n) is 2.96. The Morgan fingerprint density at radius 2 is 2.22 bits per heavy atom. The highest BCUT2D eigenvalue weighted by atomic mass is 16.5. The summed E-state index contributed by atoms with van der Waals surface area (Å²) < 4.78 is 5.11. The second-order valence-corrected chi connectivity index (χ2v) is 6.98. The van der Waals surface area contributed by atoms with Crippen LogP contribution in [0.2, 0.25) is 0 Å². The Kier molecular flexibility index (Phi) is 5.68. The molecular weight excluding hydrogens is 348 g/mol. The maximum atomic E-state index is 12.3. The predicted octanol–water partition coefficient (Wildman–Crippen LogP) is 1.22. The van der Waals surface area contributed by atoms with Gasteiger partial charge in [-0.05, 0) is 25.0 Å². The molecule has 2 aromatic rings. The zero-order valence-corrected chi connectivity index (χ0v) is 15.5. The number of pyridine rings is 1. The Balaban J connectivity index is 1.57. The van der Waals surface area contributed by atoms with Gasteiger partial charge in [-0.25, -0.2) is 4.98 Å². The Morgan fingerprint density at radius 1 is 1.41 bits per heavy atom. The molecule has 0 spiro atoms. The van der Waals surface area contributed by atoms with Gasteiger partial charge in [-0.15, -0.1) is 0 Å². The molecule has 0 saturated carbocycles. The van der Waals surface area contributed by atoms with Crippen LogP contribution in [-0.2, 0) is 11.3 Å². The van der Waals surface area contributed by atoms with Gasteiger partial charge in [0.2, 0.25) is 11.8 Å². The number of nitrogens with one attached hydrogen (secondary N) is 1. The Bertz CT molecular complexity index is 802. The molecule has 1 atom stereocenters. The fraction of sp³-hybridized carbons (Fsp3) is 0.500. The summed E-state index contributed by atoms with van der Waals surface area (Å²) in [5.41, 5.74) is 5.85. The van der Waals surface area contributed by atoms with Gasteiger partial charge in [0.1, 0.15) is 5.82 Å². The van der Waals surface area contributed by atoms with Gasteiger partial charge < -0.3 is 20.5 Å². The van der Waals surface area contributed by atoms with Crippen molar-refractivity contribution in [2.24, 2.45) is 11.7 Å². The number of carbonyl (C=O) groups excluding carboxylic acids is 2. The third kappa shape index (κ3) is 4.60. The Hall–Kier alpha value is -2.97. The van der Waals surface area contributed by atoms with Gasteiger partial charge in [0, 0.05) is 25.2 Å². The number of hydrogen-bond donors (Lipinski definition) is 2. The van der Waals surface area contributed by atoms with Crippen molar-refractivity contribution in [2.45, 2.75) is 39.2 Å². The van der Waals surface area contributed by atoms with E-state index in [0.717, 1.165) is 25.2 Å². The highest BCUT2D eigenvalue weighted by Crippen LogP contribution is 2.21. The number of rotatable bonds is 6. The number of nitrogens with two attached hydrogens (primary N) is 1. The molecule has 144 valence electrons. The second-order valence-electron chi connectivity index (χ2n) is 6.98. The van der Waals surface area contributed by atoms with E-state index in [4.69, 9.17) is 10.3 Å². The molecule has 0 bridgehead atoms. The smallest absolute Gasteiger partial charge is 0.253 e. The summed E-state index contributed by atoms with van der Waals surface area (Å²) in [6.07, 6.45) is 3.22. The van der Waals surface area contributed by atoms with Gasteiger partial charge in [0.25, 0.3) is 5.91 Å². The molecule has 0 aromatic carbocycles. The number of nitrogens with zero attached hydrogens (tertiary/aromatic N) is 4. The lowest BCUT2D eigenvalue weighted by atomic mass is 9.97. The average molecular weight is 372 g/mol. The lowest BCUT2D eigenvalue weighted by Crippen LogP contribution is -2.41. The lowest BCUT2D eigenvalue weighted by Gasteiger charge is -2.32. The van der Waals surface area contributed by atoms with Crippen molar-refractivity contribution in [3.8, 4) is 0 Å². The SMILES string of the molecule is CC(C)c1nc(CNC(=O)c2ccc(N3CCCC(C(N)=O)C3)nc2)no1. The minimum Gasteiger partial charge on any atom is -0.369 e. The zero-order chi connectivity index (χ0) is 19.4. The molecule has 3 N–H and O–H groups in total. The monoisotopic (exact) mass is 372 g/mol. The highest BCUT2D eigenvalue weighted by Gasteiger charge is 2.24. The first-order chi connectivity index (χ1) is 12.9. The molecule has 1 aliphatic heterocycles. The summed E-state index contributed by atoms with van der Waals surface area (Å²) in [6.45, 7) is 5.47. The van der Waals surface area contributed by atoms with E-state index in [0.29, 0.717) is 23.8 Å². The molecular formula is C18H24N6O3. The summed E-state index contributed by atoms with van der Waals surface area (Å²) in [6, 6.07) is 3.49. The second kappa shape index (κ2) is 8.15. The highest BCUT2D eigenvalue weighted by molar-refractivity contribution is 5.94. The van der Waals surface area contributed by atoms with Crippen LogP contribution in [0.15, 0.2) is 22.9 Å². The summed E-state index contributed by atoms with van der Waals surface area (Å²) >= 11 is 0. The molecule has 2 amide bonds. The van der Waals surface area contributed by atoms with Crippen LogP contribution in [0.4, 0.5) is 5.82 Å². The molecule has 0 aliphatic carbocycles. The van der Waals surface area contributed by atoms with Crippen LogP contribution in [0.25, 0.3) is 0 Å². The van der Waals surface area contributed by atoms with Crippen molar-refractivity contribution in [3.05, 3.63) is 35.6 Å². The van der Waals surface area contributed by atoms with Crippen LogP contribution in [0, 0.1) is 5.92 Å². The quantitative estimate of drug-likeness (QED) is 0.780. The standard InChI is InChI=1S/C18H24N6O3/c1-11(2)18-22-14(23-27-18)9-21-17(26)12-5-6-15(20-8-12)24-7-3-4-13(10-24)16(19)25/h5-6,8,11,13H,3-4,7,9-10H2,1-2H3,(H2,19,25)(H,21,26). The molecule has 9 heteroatoms. The minimum absolute atomic E-state index is 0.141. The molecule has 1 fully saturated rings. The van der Waals surface area contributed by atoms with E-state index < -0.39 is 0 Å². The van der Waals surface area contributed by atoms with Crippen molar-refractivity contribution in [2.75, 3.05) is 18.0 Å². The molecule has 1 saturated heterocycles. The Labute approximate surface area is 157 Å². The van der Waals surface area contributed by atoms with Crippen LogP contribution in [0.5, 0.6) is 0 Å². The van der Waals surface area contributed by atoms with E-state index >= 15 is 0 Å². The van der Waals surface area contributed by atoms with Crippen molar-refractivity contribution >= 4 is 17.6 Å². The Morgan fingerprint density at radius 3 is 2.85 bits per heavy atom. The van der Waals surface area contributed by atoms with Crippen molar-refractivity contribution in [1.82, 2.24) is 20.4 Å². The molecule has 1 unspecified atom stereocenters. The van der Waals surface area contributed by atoms with Crippen LogP contribution >= 0.6 is 0 Å². The number of piperidine rings is 1. The third-order valence-electron chi connectivity index (χ3n) is 4.54. The molecule has 3 heterocycles. The van der Waals surface area contributed by atoms with E-state index in [1.54, 1.807) is 12.1 Å². The normalized spacial score (nSPS) is 17.1.